The van der Waals surface area contributed by atoms with Crippen LogP contribution in [0.5, 0.6) is 0 Å². The Balaban J connectivity index is 3.96. The summed E-state index contributed by atoms with van der Waals surface area (Å²) in [5.74, 6) is 0. The maximum absolute atomic E-state index is 2.44. The molecule has 0 saturated carbocycles. The van der Waals surface area contributed by atoms with E-state index in [0.717, 1.165) is 0 Å². The number of hydrogen-bond donors (Lipinski definition) is 0. The van der Waals surface area contributed by atoms with E-state index in [1.807, 2.05) is 0 Å². The van der Waals surface area contributed by atoms with Crippen LogP contribution in [0, 0.1) is 0 Å². The average Bonchev–Trinajstić information content (AvgIpc) is 2.04. The van der Waals surface area contributed by atoms with E-state index in [4.69, 9.17) is 0 Å². The molecule has 0 nitrogen and oxygen atoms in total. The molecule has 0 unspecified atom stereocenters. The van der Waals surface area contributed by atoms with Crippen LogP contribution in [0.2, 0.25) is 17.7 Å². The molecule has 0 aliphatic rings. The zero-order valence-corrected chi connectivity index (χ0v) is 11.6. The molecule has 0 atom stereocenters. The second-order valence-corrected chi connectivity index (χ2v) is 19.2. The van der Waals surface area contributed by atoms with E-state index in [-0.39, 0.29) is 0 Å². The van der Waals surface area contributed by atoms with Crippen molar-refractivity contribution in [1.29, 1.82) is 0 Å². The summed E-state index contributed by atoms with van der Waals surface area (Å²) in [4.78, 5) is 0. The van der Waals surface area contributed by atoms with Crippen LogP contribution < -0.4 is 0 Å². The van der Waals surface area contributed by atoms with Crippen molar-refractivity contribution in [2.75, 3.05) is 0 Å². The molecule has 0 radical (unpaired) electrons. The van der Waals surface area contributed by atoms with E-state index in [9.17, 15) is 0 Å². The summed E-state index contributed by atoms with van der Waals surface area (Å²) in [6.45, 7) is 9.58. The van der Waals surface area contributed by atoms with Gasteiger partial charge in [0.05, 0.1) is 0 Å². The van der Waals surface area contributed by atoms with Gasteiger partial charge in [0.15, 0.2) is 0 Å². The van der Waals surface area contributed by atoms with Gasteiger partial charge in [-0.15, -0.1) is 0 Å². The van der Waals surface area contributed by atoms with Gasteiger partial charge in [-0.1, -0.05) is 0 Å². The van der Waals surface area contributed by atoms with Crippen LogP contribution in [0.4, 0.5) is 0 Å². The Morgan fingerprint density at radius 3 is 1.27 bits per heavy atom. The summed E-state index contributed by atoms with van der Waals surface area (Å²) >= 11 is -1.47. The zero-order chi connectivity index (χ0) is 8.74. The van der Waals surface area contributed by atoms with Gasteiger partial charge in [0.2, 0.25) is 0 Å². The minimum absolute atomic E-state index is 1.44. The van der Waals surface area contributed by atoms with Crippen LogP contribution >= 0.6 is 0 Å². The van der Waals surface area contributed by atoms with E-state index in [1.54, 1.807) is 17.7 Å². The molecule has 0 aliphatic heterocycles. The summed E-state index contributed by atoms with van der Waals surface area (Å²) in [6.07, 6.45) is 2.88. The van der Waals surface area contributed by atoms with Gasteiger partial charge in [0, 0.05) is 0 Å². The molecule has 0 spiro atoms. The van der Waals surface area contributed by atoms with Crippen molar-refractivity contribution in [2.45, 2.75) is 58.3 Å². The molecule has 68 valence electrons. The molecule has 0 heterocycles. The Hall–Kier alpha value is 0.799. The Bertz CT molecular complexity index is 76.9. The fraction of sp³-hybridized carbons (Fsp3) is 1.00. The van der Waals surface area contributed by atoms with Crippen LogP contribution in [-0.2, 0) is 0 Å². The van der Waals surface area contributed by atoms with Crippen molar-refractivity contribution in [3.05, 3.63) is 0 Å². The minimum atomic E-state index is -1.47. The molecular formula is C10H24Sn. The monoisotopic (exact) mass is 264 g/mol. The molecular weight excluding hydrogens is 239 g/mol. The van der Waals surface area contributed by atoms with E-state index >= 15 is 0 Å². The standard InChI is InChI=1S/2C3H7.2C2H5.Sn/c2*1-3-2;2*1-2;/h2*1,3H2,2H3;2*1H2,2H3;. The van der Waals surface area contributed by atoms with Crippen LogP contribution in [-0.4, -0.2) is 18.4 Å². The van der Waals surface area contributed by atoms with Crippen LogP contribution in [0.25, 0.3) is 0 Å². The van der Waals surface area contributed by atoms with Crippen molar-refractivity contribution in [3.63, 3.8) is 0 Å². The SMILES string of the molecule is CC[CH2][Sn]([CH2]C)([CH2]C)[CH2]CC. The van der Waals surface area contributed by atoms with E-state index in [0.29, 0.717) is 0 Å². The molecule has 0 bridgehead atoms. The van der Waals surface area contributed by atoms with Gasteiger partial charge in [-0.3, -0.25) is 0 Å². The molecule has 0 fully saturated rings. The molecule has 0 saturated heterocycles. The van der Waals surface area contributed by atoms with Gasteiger partial charge in [-0.2, -0.15) is 0 Å². The molecule has 1 heteroatoms. The zero-order valence-electron chi connectivity index (χ0n) is 8.74. The fourth-order valence-corrected chi connectivity index (χ4v) is 14.4. The summed E-state index contributed by atoms with van der Waals surface area (Å²) in [5.41, 5.74) is 0. The first kappa shape index (κ1) is 11.8. The molecule has 0 rings (SSSR count). The van der Waals surface area contributed by atoms with Crippen LogP contribution in [0.3, 0.4) is 0 Å². The first-order valence-electron chi connectivity index (χ1n) is 5.24. The van der Waals surface area contributed by atoms with Gasteiger partial charge in [-0.25, -0.2) is 0 Å². The van der Waals surface area contributed by atoms with Crippen molar-refractivity contribution in [3.8, 4) is 0 Å². The summed E-state index contributed by atoms with van der Waals surface area (Å²) in [6, 6.07) is 0. The van der Waals surface area contributed by atoms with E-state index in [2.05, 4.69) is 27.7 Å². The Kier molecular flexibility index (Phi) is 6.79. The van der Waals surface area contributed by atoms with Gasteiger partial charge in [0.25, 0.3) is 0 Å². The van der Waals surface area contributed by atoms with Gasteiger partial charge < -0.3 is 0 Å². The topological polar surface area (TPSA) is 0 Å². The Labute approximate surface area is 76.6 Å². The molecule has 0 aromatic carbocycles. The predicted molar refractivity (Wildman–Crippen MR) is 56.9 cm³/mol. The third-order valence-corrected chi connectivity index (χ3v) is 20.5. The van der Waals surface area contributed by atoms with Crippen LogP contribution in [0.1, 0.15) is 40.5 Å². The summed E-state index contributed by atoms with van der Waals surface area (Å²) in [5, 5.41) is 0. The van der Waals surface area contributed by atoms with Crippen molar-refractivity contribution in [1.82, 2.24) is 0 Å². The predicted octanol–water partition coefficient (Wildman–Crippen LogP) is 4.30. The fourth-order valence-electron chi connectivity index (χ4n) is 2.14. The van der Waals surface area contributed by atoms with E-state index < -0.39 is 18.4 Å². The quantitative estimate of drug-likeness (QED) is 0.627. The third-order valence-electron chi connectivity index (χ3n) is 3.06. The number of rotatable bonds is 6. The molecule has 0 aromatic heterocycles. The molecule has 0 amide bonds. The second kappa shape index (κ2) is 6.33. The van der Waals surface area contributed by atoms with Gasteiger partial charge >= 0.3 is 76.7 Å². The third kappa shape index (κ3) is 3.82. The molecule has 0 N–H and O–H groups in total. The van der Waals surface area contributed by atoms with Crippen molar-refractivity contribution < 1.29 is 0 Å². The summed E-state index contributed by atoms with van der Waals surface area (Å²) < 4.78 is 6.42. The average molecular weight is 263 g/mol. The second-order valence-electron chi connectivity index (χ2n) is 3.71. The van der Waals surface area contributed by atoms with Gasteiger partial charge in [0.1, 0.15) is 0 Å². The first-order chi connectivity index (χ1) is 5.24. The van der Waals surface area contributed by atoms with E-state index in [1.165, 1.54) is 12.8 Å². The van der Waals surface area contributed by atoms with Crippen LogP contribution in [0.15, 0.2) is 0 Å². The first-order valence-corrected chi connectivity index (χ1v) is 13.3. The normalized spacial score (nSPS) is 12.0. The molecule has 11 heavy (non-hydrogen) atoms. The molecule has 0 aliphatic carbocycles. The Morgan fingerprint density at radius 1 is 0.727 bits per heavy atom. The van der Waals surface area contributed by atoms with Gasteiger partial charge in [-0.05, 0) is 0 Å². The molecule has 0 aromatic rings. The Morgan fingerprint density at radius 2 is 1.09 bits per heavy atom. The summed E-state index contributed by atoms with van der Waals surface area (Å²) in [7, 11) is 0. The number of hydrogen-bond acceptors (Lipinski definition) is 0. The maximum atomic E-state index is 2.44. The van der Waals surface area contributed by atoms with Crippen molar-refractivity contribution >= 4 is 18.4 Å². The van der Waals surface area contributed by atoms with Crippen molar-refractivity contribution in [2.24, 2.45) is 0 Å².